The number of anilines is 1. The van der Waals surface area contributed by atoms with E-state index in [-0.39, 0.29) is 11.4 Å². The maximum absolute atomic E-state index is 11.0. The van der Waals surface area contributed by atoms with Gasteiger partial charge in [0.05, 0.1) is 22.1 Å². The van der Waals surface area contributed by atoms with Crippen LogP contribution < -0.4 is 5.43 Å². The summed E-state index contributed by atoms with van der Waals surface area (Å²) < 4.78 is 0.873. The number of halogens is 1. The molecule has 8 nitrogen and oxygen atoms in total. The first-order valence-corrected chi connectivity index (χ1v) is 6.74. The molecule has 0 saturated heterocycles. The zero-order chi connectivity index (χ0) is 16.1. The Morgan fingerprint density at radius 3 is 2.50 bits per heavy atom. The second kappa shape index (κ2) is 6.76. The highest BCUT2D eigenvalue weighted by molar-refractivity contribution is 9.10. The van der Waals surface area contributed by atoms with Crippen LogP contribution in [-0.4, -0.2) is 16.1 Å². The molecule has 0 bridgehead atoms. The fourth-order valence-corrected chi connectivity index (χ4v) is 2.06. The van der Waals surface area contributed by atoms with Crippen LogP contribution in [0.5, 0.6) is 0 Å². The van der Waals surface area contributed by atoms with Crippen molar-refractivity contribution in [1.82, 2.24) is 0 Å². The first kappa shape index (κ1) is 15.6. The van der Waals surface area contributed by atoms with Gasteiger partial charge in [-0.1, -0.05) is 28.1 Å². The van der Waals surface area contributed by atoms with E-state index in [0.29, 0.717) is 0 Å². The average molecular weight is 365 g/mol. The fourth-order valence-electron chi connectivity index (χ4n) is 1.64. The molecule has 0 unspecified atom stereocenters. The summed E-state index contributed by atoms with van der Waals surface area (Å²) >= 11 is 3.32. The maximum Gasteiger partial charge on any atom is 0.301 e. The summed E-state index contributed by atoms with van der Waals surface area (Å²) in [4.78, 5) is 20.2. The molecule has 2 rings (SSSR count). The number of hydrogen-bond donors (Lipinski definition) is 1. The van der Waals surface area contributed by atoms with E-state index in [1.165, 1.54) is 18.3 Å². The van der Waals surface area contributed by atoms with Crippen LogP contribution in [0.25, 0.3) is 0 Å². The summed E-state index contributed by atoms with van der Waals surface area (Å²) in [5.41, 5.74) is 2.60. The van der Waals surface area contributed by atoms with Gasteiger partial charge < -0.3 is 0 Å². The number of nitrogens with zero attached hydrogens (tertiary/aromatic N) is 3. The van der Waals surface area contributed by atoms with E-state index in [2.05, 4.69) is 26.5 Å². The lowest BCUT2D eigenvalue weighted by Crippen LogP contribution is -1.98. The van der Waals surface area contributed by atoms with E-state index in [0.717, 1.165) is 16.1 Å². The Kier molecular flexibility index (Phi) is 4.79. The molecule has 2 aromatic rings. The summed E-state index contributed by atoms with van der Waals surface area (Å²) in [6.07, 6.45) is 1.48. The molecule has 22 heavy (non-hydrogen) atoms. The van der Waals surface area contributed by atoms with Crippen molar-refractivity contribution in [3.8, 4) is 0 Å². The molecule has 0 aliphatic carbocycles. The highest BCUT2D eigenvalue weighted by Crippen LogP contribution is 2.28. The molecule has 9 heteroatoms. The van der Waals surface area contributed by atoms with Gasteiger partial charge >= 0.3 is 5.69 Å². The highest BCUT2D eigenvalue weighted by Gasteiger charge is 2.18. The molecule has 0 amide bonds. The zero-order valence-corrected chi connectivity index (χ0v) is 12.6. The van der Waals surface area contributed by atoms with Crippen LogP contribution in [-0.2, 0) is 0 Å². The smallest absolute Gasteiger partial charge is 0.272 e. The predicted octanol–water partition coefficient (Wildman–Crippen LogP) is 3.71. The van der Waals surface area contributed by atoms with Crippen molar-refractivity contribution in [3.05, 3.63) is 72.7 Å². The van der Waals surface area contributed by atoms with Gasteiger partial charge in [0, 0.05) is 10.5 Å². The number of hydrogen-bond acceptors (Lipinski definition) is 6. The number of rotatable bonds is 5. The number of nitro groups is 2. The molecule has 0 fully saturated rings. The Morgan fingerprint density at radius 1 is 1.09 bits per heavy atom. The van der Waals surface area contributed by atoms with Crippen LogP contribution in [0.15, 0.2) is 52.0 Å². The van der Waals surface area contributed by atoms with Crippen molar-refractivity contribution in [2.75, 3.05) is 5.43 Å². The van der Waals surface area contributed by atoms with Gasteiger partial charge in [-0.05, 0) is 23.8 Å². The molecular weight excluding hydrogens is 356 g/mol. The number of benzene rings is 2. The largest absolute Gasteiger partial charge is 0.301 e. The monoisotopic (exact) mass is 364 g/mol. The molecule has 0 aliphatic heterocycles. The number of non-ortho nitro benzene ring substituents is 1. The van der Waals surface area contributed by atoms with Gasteiger partial charge in [-0.25, -0.2) is 0 Å². The lowest BCUT2D eigenvalue weighted by molar-refractivity contribution is -0.393. The Bertz CT molecular complexity index is 763. The highest BCUT2D eigenvalue weighted by atomic mass is 79.9. The molecule has 112 valence electrons. The third-order valence-electron chi connectivity index (χ3n) is 2.64. The topological polar surface area (TPSA) is 111 Å². The van der Waals surface area contributed by atoms with E-state index < -0.39 is 15.5 Å². The third-order valence-corrected chi connectivity index (χ3v) is 3.13. The fraction of sp³-hybridized carbons (Fsp3) is 0. The van der Waals surface area contributed by atoms with Crippen molar-refractivity contribution >= 4 is 39.2 Å². The Labute approximate surface area is 132 Å². The average Bonchev–Trinajstić information content (AvgIpc) is 2.47. The number of nitrogens with one attached hydrogen (secondary N) is 1. The number of nitro benzene ring substituents is 2. The zero-order valence-electron chi connectivity index (χ0n) is 11.0. The van der Waals surface area contributed by atoms with E-state index in [1.54, 1.807) is 6.07 Å². The van der Waals surface area contributed by atoms with Gasteiger partial charge in [0.25, 0.3) is 5.69 Å². The van der Waals surface area contributed by atoms with E-state index >= 15 is 0 Å². The lowest BCUT2D eigenvalue weighted by Gasteiger charge is -2.02. The van der Waals surface area contributed by atoms with Gasteiger partial charge in [-0.2, -0.15) is 5.10 Å². The SMILES string of the molecule is O=[N+]([O-])c1ccc(N/N=C\c2cccc(Br)c2)c([N+](=O)[O-])c1. The minimum Gasteiger partial charge on any atom is -0.272 e. The summed E-state index contributed by atoms with van der Waals surface area (Å²) in [6.45, 7) is 0. The summed E-state index contributed by atoms with van der Waals surface area (Å²) in [5, 5.41) is 25.5. The van der Waals surface area contributed by atoms with Crippen molar-refractivity contribution in [2.24, 2.45) is 5.10 Å². The van der Waals surface area contributed by atoms with Crippen LogP contribution in [0.3, 0.4) is 0 Å². The predicted molar refractivity (Wildman–Crippen MR) is 85.1 cm³/mol. The Hall–Kier alpha value is -2.81. The normalized spacial score (nSPS) is 10.6. The molecule has 0 aliphatic rings. The van der Waals surface area contributed by atoms with Crippen LogP contribution >= 0.6 is 15.9 Å². The second-order valence-corrected chi connectivity index (χ2v) is 5.06. The van der Waals surface area contributed by atoms with E-state index in [4.69, 9.17) is 0 Å². The lowest BCUT2D eigenvalue weighted by atomic mass is 10.2. The first-order chi connectivity index (χ1) is 10.5. The van der Waals surface area contributed by atoms with Crippen LogP contribution in [0.2, 0.25) is 0 Å². The minimum absolute atomic E-state index is 0.0712. The van der Waals surface area contributed by atoms with E-state index in [1.807, 2.05) is 18.2 Å². The summed E-state index contributed by atoms with van der Waals surface area (Å²) in [7, 11) is 0. The van der Waals surface area contributed by atoms with Crippen molar-refractivity contribution in [2.45, 2.75) is 0 Å². The van der Waals surface area contributed by atoms with Gasteiger partial charge in [-0.15, -0.1) is 0 Å². The Morgan fingerprint density at radius 2 is 1.86 bits per heavy atom. The van der Waals surface area contributed by atoms with Crippen LogP contribution in [0.1, 0.15) is 5.56 Å². The molecule has 0 aromatic heterocycles. The summed E-state index contributed by atoms with van der Waals surface area (Å²) in [6, 6.07) is 10.6. The van der Waals surface area contributed by atoms with Crippen molar-refractivity contribution < 1.29 is 9.85 Å². The molecule has 0 heterocycles. The number of hydrazone groups is 1. The second-order valence-electron chi connectivity index (χ2n) is 4.14. The van der Waals surface area contributed by atoms with Crippen molar-refractivity contribution in [1.29, 1.82) is 0 Å². The molecule has 1 N–H and O–H groups in total. The molecule has 0 radical (unpaired) electrons. The quantitative estimate of drug-likeness (QED) is 0.493. The molecular formula is C13H9BrN4O4. The molecule has 0 spiro atoms. The molecule has 2 aromatic carbocycles. The van der Waals surface area contributed by atoms with Crippen molar-refractivity contribution in [3.63, 3.8) is 0 Å². The summed E-state index contributed by atoms with van der Waals surface area (Å²) in [5.74, 6) is 0. The molecule has 0 atom stereocenters. The minimum atomic E-state index is -0.704. The molecule has 0 saturated carbocycles. The van der Waals surface area contributed by atoms with Crippen LogP contribution in [0, 0.1) is 20.2 Å². The van der Waals surface area contributed by atoms with Gasteiger partial charge in [-0.3, -0.25) is 25.7 Å². The first-order valence-electron chi connectivity index (χ1n) is 5.95. The van der Waals surface area contributed by atoms with Gasteiger partial charge in [0.2, 0.25) is 0 Å². The van der Waals surface area contributed by atoms with Gasteiger partial charge in [0.15, 0.2) is 0 Å². The standard InChI is InChI=1S/C13H9BrN4O4/c14-10-3-1-2-9(6-10)8-15-16-12-5-4-11(17(19)20)7-13(12)18(21)22/h1-8,16H/b15-8-. The maximum atomic E-state index is 11.0. The van der Waals surface area contributed by atoms with Crippen LogP contribution in [0.4, 0.5) is 17.1 Å². The third kappa shape index (κ3) is 3.85. The van der Waals surface area contributed by atoms with Gasteiger partial charge in [0.1, 0.15) is 5.69 Å². The Balaban J connectivity index is 2.22. The van der Waals surface area contributed by atoms with E-state index in [9.17, 15) is 20.2 Å².